The van der Waals surface area contributed by atoms with Gasteiger partial charge in [-0.1, -0.05) is 40.7 Å². The number of allylic oxidation sites excluding steroid dienone is 4. The largest absolute Gasteiger partial charge is 0.449 e. The molecule has 0 spiro atoms. The van der Waals surface area contributed by atoms with Crippen molar-refractivity contribution in [2.75, 3.05) is 6.01 Å². The molecule has 0 heterocycles. The van der Waals surface area contributed by atoms with Crippen molar-refractivity contribution in [1.29, 1.82) is 0 Å². The number of thioether (sulfide) groups is 1. The summed E-state index contributed by atoms with van der Waals surface area (Å²) in [5, 5.41) is 11.1. The van der Waals surface area contributed by atoms with E-state index in [1.165, 1.54) is 12.2 Å². The van der Waals surface area contributed by atoms with Gasteiger partial charge in [-0.2, -0.15) is 0 Å². The summed E-state index contributed by atoms with van der Waals surface area (Å²) in [6.07, 6.45) is 2.97. The van der Waals surface area contributed by atoms with Crippen LogP contribution in [0.4, 0.5) is 8.78 Å². The van der Waals surface area contributed by atoms with E-state index in [0.717, 1.165) is 0 Å². The summed E-state index contributed by atoms with van der Waals surface area (Å²) in [7, 11) is 0. The van der Waals surface area contributed by atoms with E-state index in [0.29, 0.717) is 23.8 Å². The van der Waals surface area contributed by atoms with E-state index in [1.807, 2.05) is 27.7 Å². The minimum atomic E-state index is -1.61. The number of hydrogen-bond donors (Lipinski definition) is 1. The van der Waals surface area contributed by atoms with Crippen LogP contribution >= 0.6 is 11.8 Å². The number of halogens is 2. The molecule has 4 aliphatic rings. The monoisotopic (exact) mass is 496 g/mol. The molecule has 0 amide bonds. The van der Waals surface area contributed by atoms with Gasteiger partial charge in [0.15, 0.2) is 11.4 Å². The maximum absolute atomic E-state index is 15.8. The molecule has 4 aliphatic carbocycles. The fourth-order valence-corrected chi connectivity index (χ4v) is 9.26. The second kappa shape index (κ2) is 8.26. The Hall–Kier alpha value is -1.54. The zero-order valence-electron chi connectivity index (χ0n) is 20.4. The highest BCUT2D eigenvalue weighted by Gasteiger charge is 2.76. The fraction of sp³-hybridized carbons (Fsp3) is 0.731. The summed E-state index contributed by atoms with van der Waals surface area (Å²) in [6, 6.07) is -0.947. The van der Waals surface area contributed by atoms with E-state index in [2.05, 4.69) is 0 Å². The number of alkyl halides is 2. The summed E-state index contributed by atoms with van der Waals surface area (Å²) in [5.74, 6) is -1.91. The van der Waals surface area contributed by atoms with Crippen LogP contribution in [-0.2, 0) is 19.1 Å². The molecule has 5 nitrogen and oxygen atoms in total. The van der Waals surface area contributed by atoms with Crippen LogP contribution in [0.15, 0.2) is 23.8 Å². The number of fused-ring (bicyclic) bond motifs is 5. The van der Waals surface area contributed by atoms with Crippen LogP contribution in [0.25, 0.3) is 0 Å². The number of carbonyl (C=O) groups excluding carboxylic acids is 3. The molecule has 3 unspecified atom stereocenters. The molecular weight excluding hydrogens is 462 g/mol. The SMILES string of the molecule is CCC(=O)O[C@]1(C(=O)SCF)[C@H](C)C[C@H]2C3(C)C[C@H](F)C4=CC(=O)C=CC4(C)C3[C@@H](O)C[C@@]21C. The van der Waals surface area contributed by atoms with Gasteiger partial charge < -0.3 is 9.84 Å². The van der Waals surface area contributed by atoms with E-state index in [1.54, 1.807) is 13.0 Å². The lowest BCUT2D eigenvalue weighted by molar-refractivity contribution is -0.217. The molecule has 9 atom stereocenters. The van der Waals surface area contributed by atoms with Gasteiger partial charge in [-0.3, -0.25) is 14.4 Å². The lowest BCUT2D eigenvalue weighted by atomic mass is 9.40. The van der Waals surface area contributed by atoms with Gasteiger partial charge in [0, 0.05) is 29.1 Å². The molecule has 0 bridgehead atoms. The van der Waals surface area contributed by atoms with E-state index >= 15 is 4.39 Å². The summed E-state index contributed by atoms with van der Waals surface area (Å²) in [5.41, 5.74) is -3.83. The van der Waals surface area contributed by atoms with Gasteiger partial charge in [-0.15, -0.1) is 0 Å². The molecule has 1 N–H and O–H groups in total. The first-order valence-electron chi connectivity index (χ1n) is 12.0. The molecule has 4 rings (SSSR count). The maximum atomic E-state index is 15.8. The smallest absolute Gasteiger partial charge is 0.306 e. The van der Waals surface area contributed by atoms with Crippen molar-refractivity contribution in [2.45, 2.75) is 78.2 Å². The summed E-state index contributed by atoms with van der Waals surface area (Å²) < 4.78 is 35.1. The number of rotatable bonds is 4. The van der Waals surface area contributed by atoms with Gasteiger partial charge in [0.2, 0.25) is 5.12 Å². The van der Waals surface area contributed by atoms with Crippen LogP contribution in [0, 0.1) is 34.0 Å². The van der Waals surface area contributed by atoms with Gasteiger partial charge in [0.05, 0.1) is 6.10 Å². The first-order valence-corrected chi connectivity index (χ1v) is 13.0. The Morgan fingerprint density at radius 3 is 2.56 bits per heavy atom. The Kier molecular flexibility index (Phi) is 6.20. The van der Waals surface area contributed by atoms with Crippen LogP contribution < -0.4 is 0 Å². The van der Waals surface area contributed by atoms with Crippen molar-refractivity contribution >= 4 is 28.6 Å². The Balaban J connectivity index is 1.88. The predicted octanol–water partition coefficient (Wildman–Crippen LogP) is 4.73. The van der Waals surface area contributed by atoms with Crippen molar-refractivity contribution in [2.24, 2.45) is 34.0 Å². The predicted molar refractivity (Wildman–Crippen MR) is 125 cm³/mol. The van der Waals surface area contributed by atoms with Crippen LogP contribution in [0.3, 0.4) is 0 Å². The molecule has 3 fully saturated rings. The molecule has 188 valence electrons. The first-order chi connectivity index (χ1) is 15.8. The second-order valence-electron chi connectivity index (χ2n) is 11.3. The average molecular weight is 497 g/mol. The summed E-state index contributed by atoms with van der Waals surface area (Å²) in [6.45, 7) is 9.13. The van der Waals surface area contributed by atoms with E-state index in [-0.39, 0.29) is 31.0 Å². The van der Waals surface area contributed by atoms with Gasteiger partial charge in [-0.25, -0.2) is 8.78 Å². The molecule has 0 aromatic carbocycles. The highest BCUT2D eigenvalue weighted by Crippen LogP contribution is 2.74. The standard InChI is InChI=1S/C26H34F2O5S/c1-6-20(31)33-26(22(32)34-13-27)14(2)9-19-24(4)11-17(28)16-10-15(29)7-8-23(16,3)21(24)18(30)12-25(19,26)5/h7-8,10,14,17-19,21,30H,6,9,11-13H2,1-5H3/t14-,17+,18+,19+,21?,23?,24?,25+,26+/m1/s1. The molecule has 0 aromatic rings. The zero-order chi connectivity index (χ0) is 25.3. The van der Waals surface area contributed by atoms with Crippen molar-refractivity contribution in [3.63, 3.8) is 0 Å². The third-order valence-corrected chi connectivity index (χ3v) is 10.3. The highest BCUT2D eigenvalue weighted by molar-refractivity contribution is 8.13. The lowest BCUT2D eigenvalue weighted by Gasteiger charge is -2.65. The third kappa shape index (κ3) is 3.16. The Bertz CT molecular complexity index is 980. The minimum Gasteiger partial charge on any atom is -0.449 e. The summed E-state index contributed by atoms with van der Waals surface area (Å²) in [4.78, 5) is 38.1. The summed E-state index contributed by atoms with van der Waals surface area (Å²) >= 11 is 0.489. The number of ketones is 1. The van der Waals surface area contributed by atoms with Crippen LogP contribution in [0.2, 0.25) is 0 Å². The van der Waals surface area contributed by atoms with Crippen molar-refractivity contribution < 1.29 is 33.0 Å². The molecule has 0 aromatic heterocycles. The Morgan fingerprint density at radius 2 is 1.94 bits per heavy atom. The molecule has 0 radical (unpaired) electrons. The van der Waals surface area contributed by atoms with Gasteiger partial charge in [-0.05, 0) is 60.1 Å². The Morgan fingerprint density at radius 1 is 1.26 bits per heavy atom. The number of hydrogen-bond acceptors (Lipinski definition) is 6. The third-order valence-electron chi connectivity index (χ3n) is 9.59. The average Bonchev–Trinajstić information content (AvgIpc) is 2.97. The topological polar surface area (TPSA) is 80.7 Å². The molecule has 0 aliphatic heterocycles. The zero-order valence-corrected chi connectivity index (χ0v) is 21.2. The van der Waals surface area contributed by atoms with Gasteiger partial charge in [0.25, 0.3) is 0 Å². The first kappa shape index (κ1) is 25.5. The second-order valence-corrected chi connectivity index (χ2v) is 12.1. The number of aliphatic hydroxyl groups is 1. The van der Waals surface area contributed by atoms with E-state index in [4.69, 9.17) is 4.74 Å². The van der Waals surface area contributed by atoms with Crippen molar-refractivity contribution in [1.82, 2.24) is 0 Å². The number of aliphatic hydroxyl groups excluding tert-OH is 1. The molecule has 34 heavy (non-hydrogen) atoms. The minimum absolute atomic E-state index is 0.0584. The number of esters is 1. The van der Waals surface area contributed by atoms with Crippen LogP contribution in [0.5, 0.6) is 0 Å². The molecule has 3 saturated carbocycles. The van der Waals surface area contributed by atoms with Crippen molar-refractivity contribution in [3.8, 4) is 0 Å². The molecule has 8 heteroatoms. The maximum Gasteiger partial charge on any atom is 0.306 e. The Labute approximate surface area is 203 Å². The van der Waals surface area contributed by atoms with Crippen LogP contribution in [0.1, 0.15) is 60.3 Å². The normalized spacial score (nSPS) is 47.4. The lowest BCUT2D eigenvalue weighted by Crippen LogP contribution is -2.67. The fourth-order valence-electron chi connectivity index (χ4n) is 8.47. The van der Waals surface area contributed by atoms with Gasteiger partial charge >= 0.3 is 5.97 Å². The number of carbonyl (C=O) groups is 3. The highest BCUT2D eigenvalue weighted by atomic mass is 32.2. The molecular formula is C26H34F2O5S. The van der Waals surface area contributed by atoms with E-state index in [9.17, 15) is 23.9 Å². The van der Waals surface area contributed by atoms with Crippen LogP contribution in [-0.4, -0.2) is 45.9 Å². The van der Waals surface area contributed by atoms with Gasteiger partial charge in [0.1, 0.15) is 12.2 Å². The molecule has 0 saturated heterocycles. The number of ether oxygens (including phenoxy) is 1. The van der Waals surface area contributed by atoms with E-state index < -0.39 is 63.0 Å². The van der Waals surface area contributed by atoms with Crippen molar-refractivity contribution in [3.05, 3.63) is 23.8 Å². The quantitative estimate of drug-likeness (QED) is 0.567.